The minimum absolute atomic E-state index is 0.193. The third-order valence-electron chi connectivity index (χ3n) is 4.53. The van der Waals surface area contributed by atoms with Crippen LogP contribution in [0.5, 0.6) is 5.75 Å². The number of hydrogen-bond acceptors (Lipinski definition) is 6. The molecule has 7 heteroatoms. The van der Waals surface area contributed by atoms with Gasteiger partial charge in [-0.15, -0.1) is 0 Å². The van der Waals surface area contributed by atoms with Gasteiger partial charge in [0.2, 0.25) is 0 Å². The van der Waals surface area contributed by atoms with Crippen molar-refractivity contribution < 1.29 is 19.1 Å². The lowest BCUT2D eigenvalue weighted by Crippen LogP contribution is -2.11. The summed E-state index contributed by atoms with van der Waals surface area (Å²) >= 11 is 1.30. The molecular formula is C25H22N2O4S. The van der Waals surface area contributed by atoms with Crippen LogP contribution in [0.2, 0.25) is 0 Å². The van der Waals surface area contributed by atoms with Gasteiger partial charge >= 0.3 is 5.97 Å². The number of ether oxygens (including phenoxy) is 2. The zero-order valence-corrected chi connectivity index (χ0v) is 18.5. The molecule has 1 N–H and O–H groups in total. The molecule has 0 atom stereocenters. The van der Waals surface area contributed by atoms with Gasteiger partial charge in [-0.3, -0.25) is 10.1 Å². The van der Waals surface area contributed by atoms with E-state index in [9.17, 15) is 9.59 Å². The Morgan fingerprint density at radius 1 is 0.969 bits per heavy atom. The van der Waals surface area contributed by atoms with Gasteiger partial charge in [0.1, 0.15) is 12.4 Å². The van der Waals surface area contributed by atoms with Crippen molar-refractivity contribution in [1.82, 2.24) is 4.98 Å². The number of fused-ring (bicyclic) bond motifs is 1. The number of rotatable bonds is 7. The number of esters is 1. The summed E-state index contributed by atoms with van der Waals surface area (Å²) in [5, 5.41) is 3.28. The molecule has 0 bridgehead atoms. The van der Waals surface area contributed by atoms with Crippen LogP contribution in [0.4, 0.5) is 5.13 Å². The lowest BCUT2D eigenvalue weighted by Gasteiger charge is -2.08. The Morgan fingerprint density at radius 3 is 2.56 bits per heavy atom. The van der Waals surface area contributed by atoms with Crippen LogP contribution in [0.1, 0.15) is 40.1 Å². The Hall–Kier alpha value is -3.71. The van der Waals surface area contributed by atoms with E-state index in [0.29, 0.717) is 34.1 Å². The van der Waals surface area contributed by atoms with Crippen molar-refractivity contribution in [2.24, 2.45) is 0 Å². The molecule has 0 aliphatic carbocycles. The number of nitrogens with zero attached hydrogens (tertiary/aromatic N) is 1. The number of carbonyl (C=O) groups excluding carboxylic acids is 2. The summed E-state index contributed by atoms with van der Waals surface area (Å²) in [6, 6.07) is 22.0. The molecule has 0 aliphatic heterocycles. The van der Waals surface area contributed by atoms with E-state index in [2.05, 4.69) is 10.3 Å². The SMILES string of the molecule is CC(C)OC(=O)c1ccc2nc(NC(=O)c3cccc(OCc4ccccc4)c3)sc2c1. The standard InChI is InChI=1S/C25H22N2O4S/c1-16(2)31-24(29)19-11-12-21-22(14-19)32-25(26-21)27-23(28)18-9-6-10-20(13-18)30-15-17-7-4-3-5-8-17/h3-14,16H,15H2,1-2H3,(H,26,27,28). The van der Waals surface area contributed by atoms with Gasteiger partial charge in [0.15, 0.2) is 5.13 Å². The smallest absolute Gasteiger partial charge is 0.338 e. The van der Waals surface area contributed by atoms with Crippen LogP contribution in [0, 0.1) is 0 Å². The molecule has 0 saturated heterocycles. The summed E-state index contributed by atoms with van der Waals surface area (Å²) in [5.41, 5.74) is 2.67. The molecule has 4 aromatic rings. The third-order valence-corrected chi connectivity index (χ3v) is 5.47. The van der Waals surface area contributed by atoms with Crippen LogP contribution in [-0.4, -0.2) is 23.0 Å². The Balaban J connectivity index is 1.44. The Kier molecular flexibility index (Phi) is 6.47. The number of hydrogen-bond donors (Lipinski definition) is 1. The van der Waals surface area contributed by atoms with E-state index in [1.807, 2.05) is 36.4 Å². The zero-order chi connectivity index (χ0) is 22.5. The number of carbonyl (C=O) groups is 2. The number of nitrogens with one attached hydrogen (secondary N) is 1. The number of benzene rings is 3. The molecule has 3 aromatic carbocycles. The highest BCUT2D eigenvalue weighted by Gasteiger charge is 2.14. The van der Waals surface area contributed by atoms with Gasteiger partial charge in [-0.2, -0.15) is 0 Å². The summed E-state index contributed by atoms with van der Waals surface area (Å²) in [4.78, 5) is 29.3. The fourth-order valence-electron chi connectivity index (χ4n) is 3.02. The van der Waals surface area contributed by atoms with Crippen LogP contribution in [0.15, 0.2) is 72.8 Å². The minimum atomic E-state index is -0.381. The Labute approximate surface area is 189 Å². The van der Waals surface area contributed by atoms with Gasteiger partial charge in [0, 0.05) is 5.56 Å². The van der Waals surface area contributed by atoms with Crippen LogP contribution in [0.25, 0.3) is 10.2 Å². The van der Waals surface area contributed by atoms with Crippen molar-refractivity contribution in [2.75, 3.05) is 5.32 Å². The van der Waals surface area contributed by atoms with Gasteiger partial charge in [0.25, 0.3) is 5.91 Å². The highest BCUT2D eigenvalue weighted by atomic mass is 32.1. The molecule has 6 nitrogen and oxygen atoms in total. The van der Waals surface area contributed by atoms with E-state index < -0.39 is 0 Å². The van der Waals surface area contributed by atoms with E-state index in [4.69, 9.17) is 9.47 Å². The normalized spacial score (nSPS) is 10.8. The predicted octanol–water partition coefficient (Wildman–Crippen LogP) is 5.69. The highest BCUT2D eigenvalue weighted by molar-refractivity contribution is 7.22. The van der Waals surface area contributed by atoms with Crippen molar-refractivity contribution in [1.29, 1.82) is 0 Å². The molecule has 1 amide bonds. The number of amides is 1. The molecule has 0 radical (unpaired) electrons. The molecule has 0 saturated carbocycles. The van der Waals surface area contributed by atoms with Crippen LogP contribution in [-0.2, 0) is 11.3 Å². The second-order valence-corrected chi connectivity index (χ2v) is 8.44. The molecule has 0 aliphatic rings. The summed E-state index contributed by atoms with van der Waals surface area (Å²) in [6.45, 7) is 4.03. The minimum Gasteiger partial charge on any atom is -0.489 e. The quantitative estimate of drug-likeness (QED) is 0.369. The molecular weight excluding hydrogens is 424 g/mol. The van der Waals surface area contributed by atoms with Crippen LogP contribution < -0.4 is 10.1 Å². The topological polar surface area (TPSA) is 77.5 Å². The molecule has 4 rings (SSSR count). The molecule has 0 unspecified atom stereocenters. The number of thiazole rings is 1. The molecule has 1 aromatic heterocycles. The Bertz CT molecular complexity index is 1250. The van der Waals surface area contributed by atoms with Crippen LogP contribution in [0.3, 0.4) is 0 Å². The Morgan fingerprint density at radius 2 is 1.78 bits per heavy atom. The maximum Gasteiger partial charge on any atom is 0.338 e. The molecule has 1 heterocycles. The third kappa shape index (κ3) is 5.31. The van der Waals surface area contributed by atoms with Crippen molar-refractivity contribution in [2.45, 2.75) is 26.6 Å². The first-order valence-corrected chi connectivity index (χ1v) is 11.0. The second-order valence-electron chi connectivity index (χ2n) is 7.41. The molecule has 162 valence electrons. The number of anilines is 1. The lowest BCUT2D eigenvalue weighted by atomic mass is 10.2. The molecule has 0 fully saturated rings. The fraction of sp³-hybridized carbons (Fsp3) is 0.160. The first-order valence-electron chi connectivity index (χ1n) is 10.2. The summed E-state index contributed by atoms with van der Waals surface area (Å²) in [7, 11) is 0. The zero-order valence-electron chi connectivity index (χ0n) is 17.7. The van der Waals surface area contributed by atoms with E-state index in [1.165, 1.54) is 11.3 Å². The van der Waals surface area contributed by atoms with Gasteiger partial charge in [-0.25, -0.2) is 9.78 Å². The van der Waals surface area contributed by atoms with E-state index >= 15 is 0 Å². The summed E-state index contributed by atoms with van der Waals surface area (Å²) in [6.07, 6.45) is -0.193. The average Bonchev–Trinajstić information content (AvgIpc) is 3.19. The monoisotopic (exact) mass is 446 g/mol. The highest BCUT2D eigenvalue weighted by Crippen LogP contribution is 2.28. The second kappa shape index (κ2) is 9.62. The first kappa shape index (κ1) is 21.5. The first-order chi connectivity index (χ1) is 15.5. The maximum atomic E-state index is 12.7. The molecule has 0 spiro atoms. The van der Waals surface area contributed by atoms with Gasteiger partial charge in [-0.05, 0) is 55.8 Å². The van der Waals surface area contributed by atoms with Crippen molar-refractivity contribution in [3.8, 4) is 5.75 Å². The van der Waals surface area contributed by atoms with Crippen molar-refractivity contribution in [3.63, 3.8) is 0 Å². The van der Waals surface area contributed by atoms with Gasteiger partial charge < -0.3 is 9.47 Å². The van der Waals surface area contributed by atoms with E-state index in [1.54, 1.807) is 50.2 Å². The average molecular weight is 447 g/mol. The summed E-state index contributed by atoms with van der Waals surface area (Å²) in [5.74, 6) is -0.0547. The largest absolute Gasteiger partial charge is 0.489 e. The number of aromatic nitrogens is 1. The predicted molar refractivity (Wildman–Crippen MR) is 125 cm³/mol. The fourth-order valence-corrected chi connectivity index (χ4v) is 3.92. The summed E-state index contributed by atoms with van der Waals surface area (Å²) < 4.78 is 11.8. The van der Waals surface area contributed by atoms with Gasteiger partial charge in [0.05, 0.1) is 21.9 Å². The lowest BCUT2D eigenvalue weighted by molar-refractivity contribution is 0.0378. The van der Waals surface area contributed by atoms with Crippen molar-refractivity contribution >= 4 is 38.6 Å². The van der Waals surface area contributed by atoms with Crippen molar-refractivity contribution in [3.05, 3.63) is 89.5 Å². The maximum absolute atomic E-state index is 12.7. The van der Waals surface area contributed by atoms with E-state index in [0.717, 1.165) is 10.3 Å². The van der Waals surface area contributed by atoms with Gasteiger partial charge in [-0.1, -0.05) is 47.7 Å². The van der Waals surface area contributed by atoms with E-state index in [-0.39, 0.29) is 18.0 Å². The molecule has 32 heavy (non-hydrogen) atoms. The van der Waals surface area contributed by atoms with Crippen LogP contribution >= 0.6 is 11.3 Å².